The van der Waals surface area contributed by atoms with E-state index in [2.05, 4.69) is 4.90 Å². The zero-order chi connectivity index (χ0) is 18.1. The summed E-state index contributed by atoms with van der Waals surface area (Å²) in [6.45, 7) is 11.5. The second-order valence-electron chi connectivity index (χ2n) is 9.02. The third-order valence-electron chi connectivity index (χ3n) is 5.55. The third-order valence-corrected chi connectivity index (χ3v) is 5.55. The van der Waals surface area contributed by atoms with Crippen LogP contribution in [0.1, 0.15) is 85.0 Å². The third kappa shape index (κ3) is 8.44. The first-order chi connectivity index (χ1) is 11.9. The molecular formula is C21H40N2O2. The second kappa shape index (κ2) is 10.4. The van der Waals surface area contributed by atoms with E-state index in [1.54, 1.807) is 0 Å². The van der Waals surface area contributed by atoms with Gasteiger partial charge in [-0.3, -0.25) is 0 Å². The Balaban J connectivity index is 1.47. The van der Waals surface area contributed by atoms with Crippen LogP contribution in [0.2, 0.25) is 0 Å². The van der Waals surface area contributed by atoms with Crippen LogP contribution in [-0.2, 0) is 4.74 Å². The first-order valence-electron chi connectivity index (χ1n) is 10.6. The van der Waals surface area contributed by atoms with Gasteiger partial charge in [0.1, 0.15) is 5.60 Å². The molecule has 0 unspecified atom stereocenters. The minimum Gasteiger partial charge on any atom is -0.444 e. The molecule has 2 heterocycles. The molecule has 0 aromatic carbocycles. The Morgan fingerprint density at radius 3 is 2.20 bits per heavy atom. The van der Waals surface area contributed by atoms with Crippen LogP contribution in [0.5, 0.6) is 0 Å². The molecule has 0 aromatic rings. The highest BCUT2D eigenvalue weighted by Gasteiger charge is 2.26. The highest BCUT2D eigenvalue weighted by atomic mass is 16.6. The van der Waals surface area contributed by atoms with Crippen molar-refractivity contribution in [2.24, 2.45) is 5.92 Å². The molecule has 0 bridgehead atoms. The number of hydrogen-bond acceptors (Lipinski definition) is 3. The summed E-state index contributed by atoms with van der Waals surface area (Å²) >= 11 is 0. The highest BCUT2D eigenvalue weighted by Crippen LogP contribution is 2.24. The van der Waals surface area contributed by atoms with Crippen LogP contribution in [0.4, 0.5) is 4.79 Å². The Morgan fingerprint density at radius 1 is 0.920 bits per heavy atom. The molecule has 2 fully saturated rings. The van der Waals surface area contributed by atoms with Crippen LogP contribution in [0.25, 0.3) is 0 Å². The van der Waals surface area contributed by atoms with Gasteiger partial charge in [0.15, 0.2) is 0 Å². The second-order valence-corrected chi connectivity index (χ2v) is 9.02. The van der Waals surface area contributed by atoms with E-state index in [0.29, 0.717) is 0 Å². The van der Waals surface area contributed by atoms with Gasteiger partial charge in [0.25, 0.3) is 0 Å². The fourth-order valence-corrected chi connectivity index (χ4v) is 4.04. The number of amides is 1. The molecule has 146 valence electrons. The first-order valence-corrected chi connectivity index (χ1v) is 10.6. The van der Waals surface area contributed by atoms with E-state index in [1.165, 1.54) is 71.0 Å². The summed E-state index contributed by atoms with van der Waals surface area (Å²) in [6.07, 6.45) is 13.2. The minimum atomic E-state index is -0.387. The summed E-state index contributed by atoms with van der Waals surface area (Å²) < 4.78 is 5.47. The van der Waals surface area contributed by atoms with Crippen molar-refractivity contribution >= 4 is 6.09 Å². The molecule has 0 aromatic heterocycles. The Morgan fingerprint density at radius 2 is 1.56 bits per heavy atom. The average Bonchev–Trinajstić information content (AvgIpc) is 2.58. The molecule has 2 aliphatic rings. The summed E-state index contributed by atoms with van der Waals surface area (Å²) in [5.74, 6) is 0.806. The zero-order valence-electron chi connectivity index (χ0n) is 16.9. The van der Waals surface area contributed by atoms with Gasteiger partial charge in [-0.1, -0.05) is 32.1 Å². The predicted molar refractivity (Wildman–Crippen MR) is 104 cm³/mol. The normalized spacial score (nSPS) is 20.7. The lowest BCUT2D eigenvalue weighted by atomic mass is 9.91. The first kappa shape index (κ1) is 20.5. The molecule has 0 saturated carbocycles. The van der Waals surface area contributed by atoms with Crippen LogP contribution >= 0.6 is 0 Å². The predicted octanol–water partition coefficient (Wildman–Crippen LogP) is 5.07. The maximum atomic E-state index is 12.1. The standard InChI is InChI=1S/C21H40N2O2/c1-21(2,3)25-20(24)23-17-12-19(13-18-23)11-7-4-5-8-14-22-15-9-6-10-16-22/h19H,4-18H2,1-3H3. The number of nitrogens with zero attached hydrogens (tertiary/aromatic N) is 2. The van der Waals surface area contributed by atoms with Crippen LogP contribution in [0.15, 0.2) is 0 Å². The fraction of sp³-hybridized carbons (Fsp3) is 0.952. The van der Waals surface area contributed by atoms with Gasteiger partial charge < -0.3 is 14.5 Å². The number of likely N-dealkylation sites (tertiary alicyclic amines) is 2. The molecule has 4 heteroatoms. The van der Waals surface area contributed by atoms with E-state index in [-0.39, 0.29) is 11.7 Å². The quantitative estimate of drug-likeness (QED) is 0.600. The lowest BCUT2D eigenvalue weighted by Gasteiger charge is -2.33. The smallest absolute Gasteiger partial charge is 0.410 e. The molecule has 25 heavy (non-hydrogen) atoms. The molecule has 0 radical (unpaired) electrons. The van der Waals surface area contributed by atoms with Crippen molar-refractivity contribution in [1.29, 1.82) is 0 Å². The van der Waals surface area contributed by atoms with Crippen molar-refractivity contribution in [1.82, 2.24) is 9.80 Å². The van der Waals surface area contributed by atoms with Crippen LogP contribution in [0.3, 0.4) is 0 Å². The molecule has 4 nitrogen and oxygen atoms in total. The summed E-state index contributed by atoms with van der Waals surface area (Å²) in [7, 11) is 0. The van der Waals surface area contributed by atoms with Gasteiger partial charge in [0.2, 0.25) is 0 Å². The molecule has 0 atom stereocenters. The van der Waals surface area contributed by atoms with E-state index in [9.17, 15) is 4.79 Å². The molecular weight excluding hydrogens is 312 g/mol. The van der Waals surface area contributed by atoms with E-state index in [0.717, 1.165) is 31.8 Å². The van der Waals surface area contributed by atoms with Crippen molar-refractivity contribution in [3.8, 4) is 0 Å². The van der Waals surface area contributed by atoms with Crippen molar-refractivity contribution in [3.05, 3.63) is 0 Å². The average molecular weight is 353 g/mol. The van der Waals surface area contributed by atoms with Gasteiger partial charge in [-0.25, -0.2) is 4.79 Å². The lowest BCUT2D eigenvalue weighted by Crippen LogP contribution is -2.41. The molecule has 2 rings (SSSR count). The monoisotopic (exact) mass is 352 g/mol. The number of carbonyl (C=O) groups is 1. The van der Waals surface area contributed by atoms with Gasteiger partial charge >= 0.3 is 6.09 Å². The molecule has 0 spiro atoms. The van der Waals surface area contributed by atoms with Gasteiger partial charge in [0.05, 0.1) is 0 Å². The number of unbranched alkanes of at least 4 members (excludes halogenated alkanes) is 3. The Kier molecular flexibility index (Phi) is 8.54. The molecule has 1 amide bonds. The van der Waals surface area contributed by atoms with Crippen LogP contribution in [0, 0.1) is 5.92 Å². The van der Waals surface area contributed by atoms with Crippen molar-refractivity contribution in [3.63, 3.8) is 0 Å². The number of hydrogen-bond donors (Lipinski definition) is 0. The van der Waals surface area contributed by atoms with E-state index in [4.69, 9.17) is 4.74 Å². The van der Waals surface area contributed by atoms with Gasteiger partial charge in [0, 0.05) is 13.1 Å². The van der Waals surface area contributed by atoms with Crippen molar-refractivity contribution in [2.45, 2.75) is 90.6 Å². The Labute approximate surface area is 155 Å². The zero-order valence-corrected chi connectivity index (χ0v) is 16.9. The SMILES string of the molecule is CC(C)(C)OC(=O)N1CCC(CCCCCCN2CCCCC2)CC1. The number of rotatable bonds is 7. The van der Waals surface area contributed by atoms with Crippen LogP contribution < -0.4 is 0 Å². The molecule has 0 N–H and O–H groups in total. The summed E-state index contributed by atoms with van der Waals surface area (Å²) in [4.78, 5) is 16.6. The van der Waals surface area contributed by atoms with Gasteiger partial charge in [-0.05, 0) is 78.4 Å². The lowest BCUT2D eigenvalue weighted by molar-refractivity contribution is 0.0180. The van der Waals surface area contributed by atoms with Crippen LogP contribution in [-0.4, -0.2) is 54.2 Å². The number of carbonyl (C=O) groups excluding carboxylic acids is 1. The van der Waals surface area contributed by atoms with Gasteiger partial charge in [-0.2, -0.15) is 0 Å². The van der Waals surface area contributed by atoms with E-state index in [1.807, 2.05) is 25.7 Å². The van der Waals surface area contributed by atoms with Crippen molar-refractivity contribution in [2.75, 3.05) is 32.7 Å². The topological polar surface area (TPSA) is 32.8 Å². The number of piperidine rings is 2. The minimum absolute atomic E-state index is 0.135. The van der Waals surface area contributed by atoms with E-state index < -0.39 is 0 Å². The van der Waals surface area contributed by atoms with E-state index >= 15 is 0 Å². The van der Waals surface area contributed by atoms with Gasteiger partial charge in [-0.15, -0.1) is 0 Å². The summed E-state index contributed by atoms with van der Waals surface area (Å²) in [6, 6.07) is 0. The molecule has 2 aliphatic heterocycles. The summed E-state index contributed by atoms with van der Waals surface area (Å²) in [5.41, 5.74) is -0.387. The largest absolute Gasteiger partial charge is 0.444 e. The Bertz CT molecular complexity index is 378. The maximum Gasteiger partial charge on any atom is 0.410 e. The van der Waals surface area contributed by atoms with Crippen molar-refractivity contribution < 1.29 is 9.53 Å². The fourth-order valence-electron chi connectivity index (χ4n) is 4.04. The number of ether oxygens (including phenoxy) is 1. The maximum absolute atomic E-state index is 12.1. The molecule has 2 saturated heterocycles. The molecule has 0 aliphatic carbocycles. The summed E-state index contributed by atoms with van der Waals surface area (Å²) in [5, 5.41) is 0. The highest BCUT2D eigenvalue weighted by molar-refractivity contribution is 5.68. The Hall–Kier alpha value is -0.770.